The highest BCUT2D eigenvalue weighted by molar-refractivity contribution is 5.93. The zero-order valence-electron chi connectivity index (χ0n) is 21.0. The number of carboxylic acid groups (broad SMARTS) is 2. The number of rotatable bonds is 7. The van der Waals surface area contributed by atoms with Crippen LogP contribution >= 0.6 is 0 Å². The van der Waals surface area contributed by atoms with E-state index in [1.54, 1.807) is 46.8 Å². The molecule has 5 N–H and O–H groups in total. The predicted molar refractivity (Wildman–Crippen MR) is 128 cm³/mol. The van der Waals surface area contributed by atoms with E-state index in [9.17, 15) is 29.4 Å². The molecule has 1 aromatic rings. The van der Waals surface area contributed by atoms with Crippen molar-refractivity contribution in [3.05, 3.63) is 29.8 Å². The molecule has 1 aromatic carbocycles. The number of carbonyl (C=O) groups excluding carboxylic acids is 2. The second-order valence-electron chi connectivity index (χ2n) is 10.5. The van der Waals surface area contributed by atoms with Crippen molar-refractivity contribution in [2.24, 2.45) is 23.2 Å². The summed E-state index contributed by atoms with van der Waals surface area (Å²) in [5.41, 5.74) is -2.41. The second-order valence-corrected chi connectivity index (χ2v) is 10.5. The standard InChI is InChI=1S/C25H35N3O7/c1-7-24(8-2)18(27-21(33)26-14-11-9-13(3)10-12-14)15-16(19(29)30)17(15)25(24,20(31)32)28-22(34)35-23(4,5)6/h9-12,15-18H,7-8H2,1-6H3,(H,28,34)(H,29,30)(H,31,32)(H2,26,27,33)/t15-,16-,17+,18+,25-/m1/s1. The summed E-state index contributed by atoms with van der Waals surface area (Å²) >= 11 is 0. The zero-order valence-corrected chi connectivity index (χ0v) is 21.0. The SMILES string of the molecule is CCC1(CC)[C@@H](NC(=O)Nc2ccc(C)cc2)[C@@H]2[C@@H](C(=O)O)[C@H]2[C@@]1(NC(=O)OC(C)(C)C)C(=O)O. The first kappa shape index (κ1) is 26.3. The van der Waals surface area contributed by atoms with E-state index in [1.165, 1.54) is 0 Å². The van der Waals surface area contributed by atoms with Gasteiger partial charge >= 0.3 is 24.1 Å². The minimum atomic E-state index is -1.94. The zero-order chi connectivity index (χ0) is 26.3. The lowest BCUT2D eigenvalue weighted by molar-refractivity contribution is -0.155. The molecule has 3 rings (SSSR count). The van der Waals surface area contributed by atoms with Crippen molar-refractivity contribution < 1.29 is 34.1 Å². The number of hydrogen-bond donors (Lipinski definition) is 5. The number of ether oxygens (including phenoxy) is 1. The number of carbonyl (C=O) groups is 4. The highest BCUT2D eigenvalue weighted by atomic mass is 16.6. The first-order valence-electron chi connectivity index (χ1n) is 11.9. The molecular weight excluding hydrogens is 454 g/mol. The van der Waals surface area contributed by atoms with Gasteiger partial charge in [0.05, 0.1) is 5.92 Å². The molecule has 0 bridgehead atoms. The number of nitrogens with one attached hydrogen (secondary N) is 3. The number of anilines is 1. The molecule has 0 aliphatic heterocycles. The molecule has 2 fully saturated rings. The molecule has 2 aliphatic rings. The average Bonchev–Trinajstić information content (AvgIpc) is 3.44. The molecule has 0 spiro atoms. The maximum absolute atomic E-state index is 13.0. The number of urea groups is 1. The van der Waals surface area contributed by atoms with E-state index in [0.717, 1.165) is 5.56 Å². The third-order valence-corrected chi connectivity index (χ3v) is 7.52. The summed E-state index contributed by atoms with van der Waals surface area (Å²) in [7, 11) is 0. The fourth-order valence-electron chi connectivity index (χ4n) is 6.08. The van der Waals surface area contributed by atoms with Crippen molar-refractivity contribution in [1.29, 1.82) is 0 Å². The van der Waals surface area contributed by atoms with Crippen molar-refractivity contribution in [2.75, 3.05) is 5.32 Å². The third-order valence-electron chi connectivity index (χ3n) is 7.52. The van der Waals surface area contributed by atoms with Crippen LogP contribution in [0.5, 0.6) is 0 Å². The minimum absolute atomic E-state index is 0.278. The third kappa shape index (κ3) is 4.41. The van der Waals surface area contributed by atoms with Gasteiger partial charge in [-0.1, -0.05) is 31.5 Å². The minimum Gasteiger partial charge on any atom is -0.481 e. The molecule has 10 heteroatoms. The van der Waals surface area contributed by atoms with Crippen molar-refractivity contribution in [2.45, 2.75) is 71.6 Å². The van der Waals surface area contributed by atoms with Crippen LogP contribution in [-0.4, -0.2) is 51.5 Å². The van der Waals surface area contributed by atoms with Crippen LogP contribution in [0.1, 0.15) is 53.0 Å². The van der Waals surface area contributed by atoms with Gasteiger partial charge in [0, 0.05) is 23.1 Å². The largest absolute Gasteiger partial charge is 0.481 e. The molecule has 2 saturated carbocycles. The summed E-state index contributed by atoms with van der Waals surface area (Å²) in [6.07, 6.45) is -0.383. The Hall–Kier alpha value is -3.30. The topological polar surface area (TPSA) is 154 Å². The average molecular weight is 490 g/mol. The van der Waals surface area contributed by atoms with E-state index < -0.39 is 64.4 Å². The molecule has 10 nitrogen and oxygen atoms in total. The number of fused-ring (bicyclic) bond motifs is 1. The quantitative estimate of drug-likeness (QED) is 0.392. The van der Waals surface area contributed by atoms with Gasteiger partial charge in [0.1, 0.15) is 5.60 Å². The van der Waals surface area contributed by atoms with Gasteiger partial charge in [-0.25, -0.2) is 14.4 Å². The first-order valence-corrected chi connectivity index (χ1v) is 11.9. The fraction of sp³-hybridized carbons (Fsp3) is 0.600. The van der Waals surface area contributed by atoms with Gasteiger partial charge in [0.2, 0.25) is 0 Å². The van der Waals surface area contributed by atoms with Crippen LogP contribution in [0.3, 0.4) is 0 Å². The molecule has 0 heterocycles. The van der Waals surface area contributed by atoms with Gasteiger partial charge < -0.3 is 30.9 Å². The number of amides is 3. The lowest BCUT2D eigenvalue weighted by Crippen LogP contribution is -2.69. The summed E-state index contributed by atoms with van der Waals surface area (Å²) in [5.74, 6) is -5.11. The summed E-state index contributed by atoms with van der Waals surface area (Å²) < 4.78 is 5.36. The van der Waals surface area contributed by atoms with Gasteiger partial charge in [0.25, 0.3) is 0 Å². The number of benzene rings is 1. The van der Waals surface area contributed by atoms with E-state index in [4.69, 9.17) is 4.74 Å². The number of alkyl carbamates (subject to hydrolysis) is 1. The van der Waals surface area contributed by atoms with Crippen LogP contribution in [0, 0.1) is 30.1 Å². The number of hydrogen-bond acceptors (Lipinski definition) is 5. The molecule has 5 atom stereocenters. The Balaban J connectivity index is 2.01. The Bertz CT molecular complexity index is 1010. The monoisotopic (exact) mass is 489 g/mol. The molecule has 0 radical (unpaired) electrons. The van der Waals surface area contributed by atoms with E-state index in [1.807, 2.05) is 19.1 Å². The molecule has 0 saturated heterocycles. The van der Waals surface area contributed by atoms with Crippen molar-refractivity contribution in [1.82, 2.24) is 10.6 Å². The van der Waals surface area contributed by atoms with E-state index in [2.05, 4.69) is 16.0 Å². The van der Waals surface area contributed by atoms with Crippen molar-refractivity contribution >= 4 is 29.8 Å². The summed E-state index contributed by atoms with van der Waals surface area (Å²) in [4.78, 5) is 50.8. The van der Waals surface area contributed by atoms with E-state index in [-0.39, 0.29) is 12.8 Å². The Morgan fingerprint density at radius 2 is 1.60 bits per heavy atom. The molecule has 3 amide bonds. The van der Waals surface area contributed by atoms with Crippen LogP contribution in [-0.2, 0) is 14.3 Å². The highest BCUT2D eigenvalue weighted by Gasteiger charge is 2.84. The molecule has 2 aliphatic carbocycles. The van der Waals surface area contributed by atoms with Gasteiger partial charge in [0.15, 0.2) is 5.54 Å². The van der Waals surface area contributed by atoms with Gasteiger partial charge in [-0.3, -0.25) is 4.79 Å². The van der Waals surface area contributed by atoms with Gasteiger partial charge in [-0.05, 0) is 58.6 Å². The van der Waals surface area contributed by atoms with Gasteiger partial charge in [-0.2, -0.15) is 0 Å². The van der Waals surface area contributed by atoms with Crippen LogP contribution in [0.4, 0.5) is 15.3 Å². The smallest absolute Gasteiger partial charge is 0.408 e. The Morgan fingerprint density at radius 1 is 1.03 bits per heavy atom. The lowest BCUT2D eigenvalue weighted by Gasteiger charge is -2.48. The Labute approximate surface area is 204 Å². The van der Waals surface area contributed by atoms with Crippen LogP contribution < -0.4 is 16.0 Å². The maximum Gasteiger partial charge on any atom is 0.408 e. The van der Waals surface area contributed by atoms with Crippen LogP contribution in [0.2, 0.25) is 0 Å². The first-order chi connectivity index (χ1) is 16.2. The fourth-order valence-corrected chi connectivity index (χ4v) is 6.08. The summed E-state index contributed by atoms with van der Waals surface area (Å²) in [6, 6.07) is 5.78. The van der Waals surface area contributed by atoms with E-state index >= 15 is 0 Å². The molecule has 192 valence electrons. The highest BCUT2D eigenvalue weighted by Crippen LogP contribution is 2.71. The lowest BCUT2D eigenvalue weighted by atomic mass is 9.62. The van der Waals surface area contributed by atoms with Crippen LogP contribution in [0.25, 0.3) is 0 Å². The Morgan fingerprint density at radius 3 is 2.06 bits per heavy atom. The predicted octanol–water partition coefficient (Wildman–Crippen LogP) is 3.60. The summed E-state index contributed by atoms with van der Waals surface area (Å²) in [5, 5.41) is 28.6. The second kappa shape index (κ2) is 9.05. The number of aryl methyl sites for hydroxylation is 1. The summed E-state index contributed by atoms with van der Waals surface area (Å²) in [6.45, 7) is 10.4. The van der Waals surface area contributed by atoms with Crippen molar-refractivity contribution in [3.63, 3.8) is 0 Å². The normalized spacial score (nSPS) is 28.4. The van der Waals surface area contributed by atoms with Gasteiger partial charge in [-0.15, -0.1) is 0 Å². The molecule has 35 heavy (non-hydrogen) atoms. The molecule has 0 aromatic heterocycles. The number of carboxylic acids is 2. The molecule has 0 unspecified atom stereocenters. The number of aliphatic carboxylic acids is 2. The Kier molecular flexibility index (Phi) is 6.80. The van der Waals surface area contributed by atoms with Crippen LogP contribution in [0.15, 0.2) is 24.3 Å². The van der Waals surface area contributed by atoms with E-state index in [0.29, 0.717) is 5.69 Å². The van der Waals surface area contributed by atoms with Crippen molar-refractivity contribution in [3.8, 4) is 0 Å². The molecular formula is C25H35N3O7. The maximum atomic E-state index is 13.0.